The van der Waals surface area contributed by atoms with Gasteiger partial charge in [-0.25, -0.2) is 0 Å². The summed E-state index contributed by atoms with van der Waals surface area (Å²) in [6.07, 6.45) is 1.80. The SMILES string of the molecule is COC(=O)Cc1nc(NC(=O)C2CCCN2)n[nH]1.Cl. The van der Waals surface area contributed by atoms with Gasteiger partial charge in [-0.05, 0) is 19.4 Å². The Bertz CT molecular complexity index is 444. The van der Waals surface area contributed by atoms with E-state index in [0.717, 1.165) is 19.4 Å². The first kappa shape index (κ1) is 15.4. The van der Waals surface area contributed by atoms with Crippen LogP contribution in [0.2, 0.25) is 0 Å². The molecular formula is C10H16ClN5O3. The van der Waals surface area contributed by atoms with E-state index in [-0.39, 0.29) is 36.7 Å². The molecule has 1 fully saturated rings. The molecule has 1 saturated heterocycles. The molecule has 1 amide bonds. The number of H-pyrrole nitrogens is 1. The van der Waals surface area contributed by atoms with Gasteiger partial charge in [0.15, 0.2) is 0 Å². The number of nitrogens with one attached hydrogen (secondary N) is 3. The van der Waals surface area contributed by atoms with Gasteiger partial charge in [-0.15, -0.1) is 17.5 Å². The quantitative estimate of drug-likeness (QED) is 0.653. The van der Waals surface area contributed by atoms with E-state index in [2.05, 4.69) is 30.6 Å². The predicted molar refractivity (Wildman–Crippen MR) is 69.0 cm³/mol. The summed E-state index contributed by atoms with van der Waals surface area (Å²) >= 11 is 0. The second kappa shape index (κ2) is 7.05. The van der Waals surface area contributed by atoms with Crippen LogP contribution in [0.25, 0.3) is 0 Å². The number of carbonyl (C=O) groups excluding carboxylic acids is 2. The number of hydrogen-bond acceptors (Lipinski definition) is 6. The molecular weight excluding hydrogens is 274 g/mol. The predicted octanol–water partition coefficient (Wildman–Crippen LogP) is -0.368. The van der Waals surface area contributed by atoms with Crippen LogP contribution in [-0.4, -0.2) is 46.8 Å². The fourth-order valence-electron chi connectivity index (χ4n) is 1.74. The molecule has 0 saturated carbocycles. The summed E-state index contributed by atoms with van der Waals surface area (Å²) < 4.78 is 4.50. The molecule has 1 unspecified atom stereocenters. The fraction of sp³-hybridized carbons (Fsp3) is 0.600. The third-order valence-corrected chi connectivity index (χ3v) is 2.68. The number of anilines is 1. The monoisotopic (exact) mass is 289 g/mol. The molecule has 0 aliphatic carbocycles. The van der Waals surface area contributed by atoms with Gasteiger partial charge in [0, 0.05) is 0 Å². The number of halogens is 1. The fourth-order valence-corrected chi connectivity index (χ4v) is 1.74. The molecule has 1 aromatic heterocycles. The Kier molecular flexibility index (Phi) is 5.71. The van der Waals surface area contributed by atoms with Crippen LogP contribution in [0.3, 0.4) is 0 Å². The maximum Gasteiger partial charge on any atom is 0.313 e. The lowest BCUT2D eigenvalue weighted by molar-refractivity contribution is -0.139. The molecule has 19 heavy (non-hydrogen) atoms. The Morgan fingerprint density at radius 2 is 2.32 bits per heavy atom. The highest BCUT2D eigenvalue weighted by Gasteiger charge is 2.23. The number of rotatable bonds is 4. The van der Waals surface area contributed by atoms with E-state index in [0.29, 0.717) is 5.82 Å². The van der Waals surface area contributed by atoms with Crippen LogP contribution in [0, 0.1) is 0 Å². The molecule has 106 valence electrons. The average Bonchev–Trinajstić information content (AvgIpc) is 3.00. The van der Waals surface area contributed by atoms with Crippen molar-refractivity contribution >= 4 is 30.2 Å². The number of ether oxygens (including phenoxy) is 1. The first-order chi connectivity index (χ1) is 8.69. The summed E-state index contributed by atoms with van der Waals surface area (Å²) in [5.41, 5.74) is 0. The van der Waals surface area contributed by atoms with Crippen LogP contribution in [0.15, 0.2) is 0 Å². The highest BCUT2D eigenvalue weighted by Crippen LogP contribution is 2.07. The van der Waals surface area contributed by atoms with Gasteiger partial charge in [0.25, 0.3) is 0 Å². The van der Waals surface area contributed by atoms with E-state index in [1.54, 1.807) is 0 Å². The summed E-state index contributed by atoms with van der Waals surface area (Å²) in [5, 5.41) is 12.0. The zero-order chi connectivity index (χ0) is 13.0. The van der Waals surface area contributed by atoms with Crippen LogP contribution in [0.4, 0.5) is 5.95 Å². The van der Waals surface area contributed by atoms with Crippen LogP contribution < -0.4 is 10.6 Å². The molecule has 0 bridgehead atoms. The van der Waals surface area contributed by atoms with Crippen molar-refractivity contribution in [3.8, 4) is 0 Å². The lowest BCUT2D eigenvalue weighted by atomic mass is 10.2. The van der Waals surface area contributed by atoms with Crippen molar-refractivity contribution in [3.05, 3.63) is 5.82 Å². The second-order valence-corrected chi connectivity index (χ2v) is 4.00. The molecule has 2 rings (SSSR count). The molecule has 0 radical (unpaired) electrons. The summed E-state index contributed by atoms with van der Waals surface area (Å²) in [4.78, 5) is 26.7. The number of esters is 1. The average molecular weight is 290 g/mol. The highest BCUT2D eigenvalue weighted by molar-refractivity contribution is 5.93. The summed E-state index contributed by atoms with van der Waals surface area (Å²) in [5.74, 6) is -0.0401. The number of aromatic amines is 1. The van der Waals surface area contributed by atoms with Gasteiger partial charge in [0.05, 0.1) is 13.2 Å². The van der Waals surface area contributed by atoms with Crippen LogP contribution in [0.5, 0.6) is 0 Å². The number of nitrogens with zero attached hydrogens (tertiary/aromatic N) is 2. The minimum atomic E-state index is -0.415. The standard InChI is InChI=1S/C10H15N5O3.ClH/c1-18-8(16)5-7-12-10(15-14-7)13-9(17)6-3-2-4-11-6;/h6,11H,2-5H2,1H3,(H2,12,13,14,15,17);1H. The van der Waals surface area contributed by atoms with Gasteiger partial charge in [-0.1, -0.05) is 0 Å². The Balaban J connectivity index is 0.00000180. The molecule has 1 atom stereocenters. The second-order valence-electron chi connectivity index (χ2n) is 4.00. The number of amides is 1. The number of hydrogen-bond donors (Lipinski definition) is 3. The molecule has 3 N–H and O–H groups in total. The van der Waals surface area contributed by atoms with Crippen molar-refractivity contribution in [1.82, 2.24) is 20.5 Å². The van der Waals surface area contributed by atoms with Gasteiger partial charge in [0.2, 0.25) is 11.9 Å². The van der Waals surface area contributed by atoms with E-state index in [1.165, 1.54) is 7.11 Å². The first-order valence-electron chi connectivity index (χ1n) is 5.71. The smallest absolute Gasteiger partial charge is 0.313 e. The van der Waals surface area contributed by atoms with Gasteiger partial charge >= 0.3 is 5.97 Å². The van der Waals surface area contributed by atoms with Gasteiger partial charge in [0.1, 0.15) is 12.2 Å². The molecule has 0 aromatic carbocycles. The number of carbonyl (C=O) groups is 2. The third-order valence-electron chi connectivity index (χ3n) is 2.68. The van der Waals surface area contributed by atoms with Gasteiger partial charge < -0.3 is 10.1 Å². The first-order valence-corrected chi connectivity index (χ1v) is 5.71. The van der Waals surface area contributed by atoms with Crippen LogP contribution in [0.1, 0.15) is 18.7 Å². The minimum Gasteiger partial charge on any atom is -0.469 e. The molecule has 1 aliphatic rings. The Hall–Kier alpha value is -1.67. The molecule has 1 aromatic rings. The third kappa shape index (κ3) is 4.18. The molecule has 1 aliphatic heterocycles. The van der Waals surface area contributed by atoms with E-state index >= 15 is 0 Å². The zero-order valence-electron chi connectivity index (χ0n) is 10.4. The maximum atomic E-state index is 11.7. The Labute approximate surface area is 116 Å². The van der Waals surface area contributed by atoms with Crippen molar-refractivity contribution < 1.29 is 14.3 Å². The molecule has 9 heteroatoms. The van der Waals surface area contributed by atoms with Crippen molar-refractivity contribution in [2.24, 2.45) is 0 Å². The topological polar surface area (TPSA) is 109 Å². The number of aromatic nitrogens is 3. The Morgan fingerprint density at radius 1 is 1.53 bits per heavy atom. The van der Waals surface area contributed by atoms with E-state index in [1.807, 2.05) is 0 Å². The van der Waals surface area contributed by atoms with E-state index in [9.17, 15) is 9.59 Å². The van der Waals surface area contributed by atoms with E-state index < -0.39 is 5.97 Å². The van der Waals surface area contributed by atoms with E-state index in [4.69, 9.17) is 0 Å². The maximum absolute atomic E-state index is 11.7. The molecule has 8 nitrogen and oxygen atoms in total. The normalized spacial score (nSPS) is 17.6. The Morgan fingerprint density at radius 3 is 2.95 bits per heavy atom. The molecule has 2 heterocycles. The van der Waals surface area contributed by atoms with Gasteiger partial charge in [-0.3, -0.25) is 20.0 Å². The zero-order valence-corrected chi connectivity index (χ0v) is 11.2. The molecule has 0 spiro atoms. The van der Waals surface area contributed by atoms with Crippen molar-refractivity contribution in [2.45, 2.75) is 25.3 Å². The summed E-state index contributed by atoms with van der Waals surface area (Å²) in [6.45, 7) is 0.847. The summed E-state index contributed by atoms with van der Waals surface area (Å²) in [7, 11) is 1.30. The number of methoxy groups -OCH3 is 1. The largest absolute Gasteiger partial charge is 0.469 e. The highest BCUT2D eigenvalue weighted by atomic mass is 35.5. The van der Waals surface area contributed by atoms with Crippen LogP contribution in [-0.2, 0) is 20.7 Å². The van der Waals surface area contributed by atoms with Crippen molar-refractivity contribution in [2.75, 3.05) is 19.0 Å². The lowest BCUT2D eigenvalue weighted by Gasteiger charge is -2.07. The lowest BCUT2D eigenvalue weighted by Crippen LogP contribution is -2.35. The van der Waals surface area contributed by atoms with Crippen molar-refractivity contribution in [3.63, 3.8) is 0 Å². The van der Waals surface area contributed by atoms with Crippen molar-refractivity contribution in [1.29, 1.82) is 0 Å². The van der Waals surface area contributed by atoms with Gasteiger partial charge in [-0.2, -0.15) is 4.98 Å². The van der Waals surface area contributed by atoms with Crippen LogP contribution >= 0.6 is 12.4 Å². The minimum absolute atomic E-state index is 0. The summed E-state index contributed by atoms with van der Waals surface area (Å²) in [6, 6.07) is -0.187.